The van der Waals surface area contributed by atoms with E-state index in [9.17, 15) is 38.1 Å². The molecule has 5 rings (SSSR count). The number of halogens is 3. The molecule has 1 aromatic carbocycles. The molecule has 1 saturated heterocycles. The number of aromatic nitrogens is 5. The lowest BCUT2D eigenvalue weighted by atomic mass is 10.1. The average molecular weight is 577 g/mol. The second kappa shape index (κ2) is 10.7. The van der Waals surface area contributed by atoms with E-state index in [1.165, 1.54) is 44.8 Å². The summed E-state index contributed by atoms with van der Waals surface area (Å²) < 4.78 is 48.1. The quantitative estimate of drug-likeness (QED) is 0.240. The number of amides is 2. The van der Waals surface area contributed by atoms with Gasteiger partial charge in [-0.3, -0.25) is 14.0 Å². The zero-order chi connectivity index (χ0) is 29.5. The van der Waals surface area contributed by atoms with Crippen LogP contribution in [0.5, 0.6) is 17.4 Å². The van der Waals surface area contributed by atoms with Crippen molar-refractivity contribution in [2.24, 2.45) is 0 Å². The number of aliphatic hydroxyl groups is 3. The summed E-state index contributed by atoms with van der Waals surface area (Å²) in [6, 6.07) is 3.89. The molecule has 0 bridgehead atoms. The first-order valence-corrected chi connectivity index (χ1v) is 12.0. The Morgan fingerprint density at radius 2 is 1.78 bits per heavy atom. The molecule has 4 aromatic rings. The van der Waals surface area contributed by atoms with E-state index in [1.807, 2.05) is 0 Å². The summed E-state index contributed by atoms with van der Waals surface area (Å²) in [4.78, 5) is 35.6. The van der Waals surface area contributed by atoms with E-state index < -0.39 is 48.0 Å². The Kier molecular flexibility index (Phi) is 7.24. The zero-order valence-corrected chi connectivity index (χ0v) is 20.9. The molecule has 2 amide bonds. The second-order valence-electron chi connectivity index (χ2n) is 8.90. The molecule has 1 aliphatic heterocycles. The fourth-order valence-electron chi connectivity index (χ4n) is 4.37. The Morgan fingerprint density at radius 1 is 1.07 bits per heavy atom. The van der Waals surface area contributed by atoms with Gasteiger partial charge in [0.05, 0.1) is 23.0 Å². The predicted octanol–water partition coefficient (Wildman–Crippen LogP) is 0.827. The standard InChI is InChI=1S/C24H22F3N7O7/c25-24(26,27)19-15(11-34(30-19)23(39)40)16-10-29-20-21(28-3-4-33(16)20)41-13-1-2-14(17(36)9-13)22(38)32-7-5-31(6-8-32)18(37)12-35/h1-4,9-11,23,35-36,39-40H,5-8,12H2. The highest BCUT2D eigenvalue weighted by Crippen LogP contribution is 2.38. The Bertz CT molecular complexity index is 1610. The molecular weight excluding hydrogens is 555 g/mol. The molecule has 0 aliphatic carbocycles. The lowest BCUT2D eigenvalue weighted by molar-refractivity contribution is -0.144. The second-order valence-corrected chi connectivity index (χ2v) is 8.90. The number of alkyl halides is 3. The zero-order valence-electron chi connectivity index (χ0n) is 20.9. The lowest BCUT2D eigenvalue weighted by Crippen LogP contribution is -2.51. The number of piperazine rings is 1. The molecule has 0 saturated carbocycles. The summed E-state index contributed by atoms with van der Waals surface area (Å²) in [7, 11) is 0. The summed E-state index contributed by atoms with van der Waals surface area (Å²) >= 11 is 0. The van der Waals surface area contributed by atoms with Crippen molar-refractivity contribution in [3.8, 4) is 28.6 Å². The number of aromatic hydroxyl groups is 1. The van der Waals surface area contributed by atoms with Gasteiger partial charge >= 0.3 is 6.18 Å². The summed E-state index contributed by atoms with van der Waals surface area (Å²) in [5.41, 5.74) is -1.94. The lowest BCUT2D eigenvalue weighted by Gasteiger charge is -2.34. The SMILES string of the molecule is O=C(CO)N1CCN(C(=O)c2ccc(Oc3nccn4c(-c5cn(C(O)O)nc5C(F)(F)F)cnc34)cc2O)CC1. The molecule has 216 valence electrons. The number of benzene rings is 1. The van der Waals surface area contributed by atoms with E-state index in [-0.39, 0.29) is 54.7 Å². The highest BCUT2D eigenvalue weighted by Gasteiger charge is 2.39. The van der Waals surface area contributed by atoms with E-state index >= 15 is 0 Å². The minimum atomic E-state index is -4.91. The molecule has 4 heterocycles. The smallest absolute Gasteiger partial charge is 0.435 e. The summed E-state index contributed by atoms with van der Waals surface area (Å²) in [6.07, 6.45) is -2.72. The molecule has 0 atom stereocenters. The molecular formula is C24H22F3N7O7. The Morgan fingerprint density at radius 3 is 2.41 bits per heavy atom. The number of rotatable bonds is 6. The number of hydrogen-bond donors (Lipinski definition) is 4. The third-order valence-corrected chi connectivity index (χ3v) is 6.38. The topological polar surface area (TPSA) is 179 Å². The van der Waals surface area contributed by atoms with Gasteiger partial charge in [-0.2, -0.15) is 18.3 Å². The van der Waals surface area contributed by atoms with Crippen LogP contribution in [0.2, 0.25) is 0 Å². The van der Waals surface area contributed by atoms with Crippen LogP contribution < -0.4 is 4.74 Å². The van der Waals surface area contributed by atoms with Crippen LogP contribution in [-0.4, -0.2) is 99.0 Å². The van der Waals surface area contributed by atoms with E-state index in [0.29, 0.717) is 4.68 Å². The van der Waals surface area contributed by atoms with Gasteiger partial charge in [0, 0.05) is 50.8 Å². The number of aliphatic hydroxyl groups excluding tert-OH is 2. The highest BCUT2D eigenvalue weighted by atomic mass is 19.4. The van der Waals surface area contributed by atoms with Crippen molar-refractivity contribution in [3.63, 3.8) is 0 Å². The van der Waals surface area contributed by atoms with Crippen LogP contribution in [-0.2, 0) is 11.0 Å². The molecule has 3 aromatic heterocycles. The number of nitrogens with zero attached hydrogens (tertiary/aromatic N) is 7. The van der Waals surface area contributed by atoms with Gasteiger partial charge in [-0.05, 0) is 12.1 Å². The van der Waals surface area contributed by atoms with Crippen LogP contribution >= 0.6 is 0 Å². The number of imidazole rings is 1. The van der Waals surface area contributed by atoms with Gasteiger partial charge in [-0.1, -0.05) is 0 Å². The first-order valence-electron chi connectivity index (χ1n) is 12.0. The van der Waals surface area contributed by atoms with Gasteiger partial charge in [0.2, 0.25) is 11.6 Å². The predicted molar refractivity (Wildman–Crippen MR) is 130 cm³/mol. The van der Waals surface area contributed by atoms with Gasteiger partial charge in [-0.25, -0.2) is 14.6 Å². The summed E-state index contributed by atoms with van der Waals surface area (Å²) in [5, 5.41) is 41.4. The third-order valence-electron chi connectivity index (χ3n) is 6.38. The van der Waals surface area contributed by atoms with Gasteiger partial charge < -0.3 is 35.0 Å². The van der Waals surface area contributed by atoms with Crippen molar-refractivity contribution in [2.75, 3.05) is 32.8 Å². The van der Waals surface area contributed by atoms with Crippen LogP contribution in [0.25, 0.3) is 16.9 Å². The van der Waals surface area contributed by atoms with Crippen molar-refractivity contribution in [2.45, 2.75) is 12.6 Å². The molecule has 41 heavy (non-hydrogen) atoms. The maximum atomic E-state index is 13.6. The maximum absolute atomic E-state index is 13.6. The number of carbonyl (C=O) groups is 2. The summed E-state index contributed by atoms with van der Waals surface area (Å²) in [6.45, 7) is 0.277. The molecule has 17 heteroatoms. The number of hydrogen-bond acceptors (Lipinski definition) is 10. The third kappa shape index (κ3) is 5.37. The number of ether oxygens (including phenoxy) is 1. The van der Waals surface area contributed by atoms with Crippen LogP contribution in [0.15, 0.2) is 43.0 Å². The van der Waals surface area contributed by atoms with Crippen molar-refractivity contribution in [1.82, 2.24) is 33.9 Å². The first kappa shape index (κ1) is 27.8. The molecule has 0 spiro atoms. The number of phenolic OH excluding ortho intramolecular Hbond substituents is 1. The minimum Gasteiger partial charge on any atom is -0.507 e. The average Bonchev–Trinajstić information content (AvgIpc) is 3.58. The van der Waals surface area contributed by atoms with E-state index in [4.69, 9.17) is 9.84 Å². The number of carbonyl (C=O) groups excluding carboxylic acids is 2. The fraction of sp³-hybridized carbons (Fsp3) is 0.292. The van der Waals surface area contributed by atoms with Crippen LogP contribution in [0, 0.1) is 0 Å². The molecule has 1 fully saturated rings. The maximum Gasteiger partial charge on any atom is 0.435 e. The van der Waals surface area contributed by atoms with Crippen molar-refractivity contribution < 1.29 is 47.9 Å². The Balaban J connectivity index is 1.38. The van der Waals surface area contributed by atoms with Gasteiger partial charge in [0.1, 0.15) is 18.1 Å². The number of phenols is 1. The number of fused-ring (bicyclic) bond motifs is 1. The first-order chi connectivity index (χ1) is 19.5. The molecule has 14 nitrogen and oxygen atoms in total. The highest BCUT2D eigenvalue weighted by molar-refractivity contribution is 5.97. The molecule has 0 radical (unpaired) electrons. The van der Waals surface area contributed by atoms with Crippen molar-refractivity contribution in [3.05, 3.63) is 54.2 Å². The minimum absolute atomic E-state index is 0.00265. The van der Waals surface area contributed by atoms with Crippen LogP contribution in [0.3, 0.4) is 0 Å². The normalized spacial score (nSPS) is 14.2. The molecule has 0 unspecified atom stereocenters. The summed E-state index contributed by atoms with van der Waals surface area (Å²) in [5.74, 6) is -1.39. The Labute approximate surface area is 228 Å². The van der Waals surface area contributed by atoms with E-state index in [1.54, 1.807) is 0 Å². The Hall–Kier alpha value is -4.74. The van der Waals surface area contributed by atoms with Crippen molar-refractivity contribution >= 4 is 17.5 Å². The molecule has 1 aliphatic rings. The fourth-order valence-corrected chi connectivity index (χ4v) is 4.37. The van der Waals surface area contributed by atoms with Gasteiger partial charge in [-0.15, -0.1) is 0 Å². The van der Waals surface area contributed by atoms with Crippen LogP contribution in [0.4, 0.5) is 13.2 Å². The van der Waals surface area contributed by atoms with Gasteiger partial charge in [0.25, 0.3) is 18.2 Å². The van der Waals surface area contributed by atoms with Crippen molar-refractivity contribution in [1.29, 1.82) is 0 Å². The van der Waals surface area contributed by atoms with Crippen LogP contribution in [0.1, 0.15) is 22.5 Å². The monoisotopic (exact) mass is 577 g/mol. The largest absolute Gasteiger partial charge is 0.507 e. The van der Waals surface area contributed by atoms with E-state index in [0.717, 1.165) is 12.4 Å². The molecule has 4 N–H and O–H groups in total. The van der Waals surface area contributed by atoms with E-state index in [2.05, 4.69) is 15.1 Å². The van der Waals surface area contributed by atoms with Gasteiger partial charge in [0.15, 0.2) is 5.69 Å².